The second-order valence-electron chi connectivity index (χ2n) is 3.63. The summed E-state index contributed by atoms with van der Waals surface area (Å²) in [5.74, 6) is -0.708. The predicted molar refractivity (Wildman–Crippen MR) is 65.5 cm³/mol. The van der Waals surface area contributed by atoms with Gasteiger partial charge in [-0.2, -0.15) is 0 Å². The van der Waals surface area contributed by atoms with Gasteiger partial charge in [-0.3, -0.25) is 10.1 Å². The zero-order chi connectivity index (χ0) is 11.9. The predicted octanol–water partition coefficient (Wildman–Crippen LogP) is 2.02. The van der Waals surface area contributed by atoms with E-state index in [0.29, 0.717) is 21.9 Å². The fourth-order valence-electron chi connectivity index (χ4n) is 1.76. The molecule has 1 atom stereocenters. The van der Waals surface area contributed by atoms with Gasteiger partial charge in [-0.25, -0.2) is 0 Å². The Labute approximate surface area is 109 Å². The van der Waals surface area contributed by atoms with Crippen molar-refractivity contribution in [3.63, 3.8) is 0 Å². The Morgan fingerprint density at radius 1 is 1.50 bits per heavy atom. The number of carboxylic acids is 1. The van der Waals surface area contributed by atoms with Crippen LogP contribution < -0.4 is 5.32 Å². The van der Waals surface area contributed by atoms with Gasteiger partial charge in [0.25, 0.3) is 0 Å². The molecule has 0 spiro atoms. The van der Waals surface area contributed by atoms with E-state index in [-0.39, 0.29) is 5.75 Å². The maximum absolute atomic E-state index is 10.9. The molecule has 6 heteroatoms. The molecule has 0 radical (unpaired) electrons. The monoisotopic (exact) mass is 349 g/mol. The summed E-state index contributed by atoms with van der Waals surface area (Å²) in [7, 11) is 0. The minimum atomic E-state index is -0.856. The average molecular weight is 351 g/mol. The molecule has 86 valence electrons. The van der Waals surface area contributed by atoms with Crippen molar-refractivity contribution in [1.82, 2.24) is 5.32 Å². The molecule has 0 saturated heterocycles. The lowest BCUT2D eigenvalue weighted by Crippen LogP contribution is -2.41. The highest BCUT2D eigenvalue weighted by atomic mass is 79.9. The zero-order valence-electron chi connectivity index (χ0n) is 8.13. The first-order valence-electron chi connectivity index (χ1n) is 4.65. The van der Waals surface area contributed by atoms with Gasteiger partial charge in [0.15, 0.2) is 0 Å². The normalized spacial score (nSPS) is 19.2. The van der Waals surface area contributed by atoms with Gasteiger partial charge in [-0.1, -0.05) is 0 Å². The van der Waals surface area contributed by atoms with E-state index in [1.165, 1.54) is 0 Å². The van der Waals surface area contributed by atoms with E-state index in [2.05, 4.69) is 37.2 Å². The van der Waals surface area contributed by atoms with Gasteiger partial charge in [0.05, 0.1) is 8.95 Å². The molecule has 0 bridgehead atoms. The summed E-state index contributed by atoms with van der Waals surface area (Å²) in [4.78, 5) is 10.9. The average Bonchev–Trinajstić information content (AvgIpc) is 2.25. The highest BCUT2D eigenvalue weighted by molar-refractivity contribution is 9.11. The van der Waals surface area contributed by atoms with Crippen LogP contribution in [-0.4, -0.2) is 22.2 Å². The molecule has 0 aromatic heterocycles. The van der Waals surface area contributed by atoms with Crippen molar-refractivity contribution in [2.24, 2.45) is 0 Å². The fraction of sp³-hybridized carbons (Fsp3) is 0.300. The largest absolute Gasteiger partial charge is 0.506 e. The van der Waals surface area contributed by atoms with Crippen LogP contribution in [0.25, 0.3) is 0 Å². The summed E-state index contributed by atoms with van der Waals surface area (Å²) in [5, 5.41) is 21.5. The number of carbonyl (C=O) groups is 1. The van der Waals surface area contributed by atoms with Crippen LogP contribution in [0.2, 0.25) is 0 Å². The van der Waals surface area contributed by atoms with Crippen molar-refractivity contribution in [1.29, 1.82) is 0 Å². The number of carboxylic acid groups (broad SMARTS) is 1. The van der Waals surface area contributed by atoms with Crippen molar-refractivity contribution in [3.05, 3.63) is 26.1 Å². The molecule has 0 amide bonds. The number of benzene rings is 1. The molecule has 1 aromatic rings. The Kier molecular flexibility index (Phi) is 3.23. The van der Waals surface area contributed by atoms with Crippen LogP contribution in [0.3, 0.4) is 0 Å². The first-order valence-corrected chi connectivity index (χ1v) is 6.24. The van der Waals surface area contributed by atoms with Crippen LogP contribution in [0.4, 0.5) is 0 Å². The molecular formula is C10H9Br2NO3. The minimum Gasteiger partial charge on any atom is -0.506 e. The Balaban J connectivity index is 2.44. The van der Waals surface area contributed by atoms with Crippen molar-refractivity contribution >= 4 is 37.8 Å². The van der Waals surface area contributed by atoms with Crippen molar-refractivity contribution in [3.8, 4) is 5.75 Å². The lowest BCUT2D eigenvalue weighted by Gasteiger charge is -2.24. The summed E-state index contributed by atoms with van der Waals surface area (Å²) in [5.41, 5.74) is 1.85. The molecule has 0 fully saturated rings. The maximum atomic E-state index is 10.9. The van der Waals surface area contributed by atoms with Crippen molar-refractivity contribution in [2.45, 2.75) is 19.0 Å². The molecule has 0 aliphatic carbocycles. The number of aromatic hydroxyl groups is 1. The second kappa shape index (κ2) is 4.35. The number of hydrogen-bond acceptors (Lipinski definition) is 3. The van der Waals surface area contributed by atoms with E-state index >= 15 is 0 Å². The molecule has 3 N–H and O–H groups in total. The Morgan fingerprint density at radius 2 is 2.19 bits per heavy atom. The number of aliphatic carboxylic acids is 1. The third-order valence-electron chi connectivity index (χ3n) is 2.64. The standard InChI is InChI=1S/C10H9Br2NO3/c11-6-1-4-2-7(10(15)16)13-3-5(4)8(12)9(6)14/h1,7,13-14H,2-3H2,(H,15,16)/t7-/m0/s1. The van der Waals surface area contributed by atoms with Crippen LogP contribution in [0.1, 0.15) is 11.1 Å². The van der Waals surface area contributed by atoms with Gasteiger partial charge in [0, 0.05) is 6.54 Å². The molecule has 1 aromatic carbocycles. The number of halogens is 2. The lowest BCUT2D eigenvalue weighted by atomic mass is 9.95. The van der Waals surface area contributed by atoms with Crippen molar-refractivity contribution < 1.29 is 15.0 Å². The van der Waals surface area contributed by atoms with E-state index in [0.717, 1.165) is 11.1 Å². The van der Waals surface area contributed by atoms with Gasteiger partial charge < -0.3 is 10.2 Å². The highest BCUT2D eigenvalue weighted by Gasteiger charge is 2.26. The number of fused-ring (bicyclic) bond motifs is 1. The molecule has 16 heavy (non-hydrogen) atoms. The first kappa shape index (κ1) is 11.9. The van der Waals surface area contributed by atoms with E-state index in [1.54, 1.807) is 6.07 Å². The summed E-state index contributed by atoms with van der Waals surface area (Å²) >= 11 is 6.54. The van der Waals surface area contributed by atoms with Crippen LogP contribution in [-0.2, 0) is 17.8 Å². The van der Waals surface area contributed by atoms with E-state index in [1.807, 2.05) is 0 Å². The summed E-state index contributed by atoms with van der Waals surface area (Å²) < 4.78 is 1.19. The number of hydrogen-bond donors (Lipinski definition) is 3. The third kappa shape index (κ3) is 1.97. The number of rotatable bonds is 1. The molecule has 1 aliphatic heterocycles. The van der Waals surface area contributed by atoms with E-state index in [4.69, 9.17) is 5.11 Å². The second-order valence-corrected chi connectivity index (χ2v) is 5.28. The van der Waals surface area contributed by atoms with Crippen LogP contribution >= 0.6 is 31.9 Å². The van der Waals surface area contributed by atoms with Crippen LogP contribution in [0.5, 0.6) is 5.75 Å². The fourth-order valence-corrected chi connectivity index (χ4v) is 3.11. The molecule has 1 heterocycles. The molecule has 0 unspecified atom stereocenters. The van der Waals surface area contributed by atoms with Crippen LogP contribution in [0.15, 0.2) is 15.0 Å². The van der Waals surface area contributed by atoms with Crippen molar-refractivity contribution in [2.75, 3.05) is 0 Å². The van der Waals surface area contributed by atoms with Gasteiger partial charge in [0.2, 0.25) is 0 Å². The van der Waals surface area contributed by atoms with Gasteiger partial charge in [-0.15, -0.1) is 0 Å². The van der Waals surface area contributed by atoms with E-state index < -0.39 is 12.0 Å². The Morgan fingerprint density at radius 3 is 2.81 bits per heavy atom. The van der Waals surface area contributed by atoms with Crippen LogP contribution in [0, 0.1) is 0 Å². The quantitative estimate of drug-likeness (QED) is 0.724. The van der Waals surface area contributed by atoms with Gasteiger partial charge in [0.1, 0.15) is 11.8 Å². The number of phenolic OH excluding ortho intramolecular Hbond substituents is 1. The van der Waals surface area contributed by atoms with E-state index in [9.17, 15) is 9.90 Å². The third-order valence-corrected chi connectivity index (χ3v) is 4.09. The number of phenols is 1. The number of nitrogens with one attached hydrogen (secondary N) is 1. The molecule has 0 saturated carbocycles. The zero-order valence-corrected chi connectivity index (χ0v) is 11.3. The molecule has 4 nitrogen and oxygen atoms in total. The molecular weight excluding hydrogens is 342 g/mol. The smallest absolute Gasteiger partial charge is 0.321 e. The first-order chi connectivity index (χ1) is 7.50. The summed E-state index contributed by atoms with van der Waals surface area (Å²) in [6.07, 6.45) is 0.419. The Hall–Kier alpha value is -0.590. The molecule has 2 rings (SSSR count). The SMILES string of the molecule is O=C(O)[C@@H]1Cc2cc(Br)c(O)c(Br)c2CN1. The topological polar surface area (TPSA) is 69.6 Å². The van der Waals surface area contributed by atoms with Gasteiger partial charge in [-0.05, 0) is 55.5 Å². The Bertz CT molecular complexity index is 462. The molecule has 1 aliphatic rings. The summed E-state index contributed by atoms with van der Waals surface area (Å²) in [6, 6.07) is 1.21. The highest BCUT2D eigenvalue weighted by Crippen LogP contribution is 2.38. The maximum Gasteiger partial charge on any atom is 0.321 e. The summed E-state index contributed by atoms with van der Waals surface area (Å²) in [6.45, 7) is 0.438. The lowest BCUT2D eigenvalue weighted by molar-refractivity contribution is -0.139. The van der Waals surface area contributed by atoms with Gasteiger partial charge >= 0.3 is 5.97 Å². The minimum absolute atomic E-state index is 0.148.